The van der Waals surface area contributed by atoms with Gasteiger partial charge in [-0.1, -0.05) is 74.9 Å². The fraction of sp³-hybridized carbons (Fsp3) is 0.462. The highest BCUT2D eigenvalue weighted by Crippen LogP contribution is 2.38. The molecular weight excluding hydrogens is 326 g/mol. The van der Waals surface area contributed by atoms with Crippen LogP contribution in [0.1, 0.15) is 68.2 Å². The molecule has 1 nitrogen and oxygen atoms in total. The monoisotopic (exact) mass is 359 g/mol. The van der Waals surface area contributed by atoms with E-state index in [1.807, 2.05) is 0 Å². The number of rotatable bonds is 6. The SMILES string of the molecule is CCN(Cc1ccc(C2CCC(C)C2)cc1)C(C)C1=Cc2ccccc2C1. The molecule has 0 N–H and O–H groups in total. The Morgan fingerprint density at radius 1 is 1.04 bits per heavy atom. The Kier molecular flexibility index (Phi) is 5.50. The highest BCUT2D eigenvalue weighted by atomic mass is 15.1. The zero-order chi connectivity index (χ0) is 18.8. The van der Waals surface area contributed by atoms with Crippen molar-refractivity contribution >= 4 is 6.08 Å². The fourth-order valence-electron chi connectivity index (χ4n) is 4.97. The van der Waals surface area contributed by atoms with Crippen molar-refractivity contribution < 1.29 is 0 Å². The van der Waals surface area contributed by atoms with Crippen molar-refractivity contribution in [3.8, 4) is 0 Å². The van der Waals surface area contributed by atoms with Crippen LogP contribution in [0.25, 0.3) is 6.08 Å². The molecule has 142 valence electrons. The average molecular weight is 360 g/mol. The van der Waals surface area contributed by atoms with Crippen molar-refractivity contribution in [3.05, 3.63) is 76.4 Å². The van der Waals surface area contributed by atoms with Gasteiger partial charge < -0.3 is 0 Å². The molecule has 0 saturated heterocycles. The van der Waals surface area contributed by atoms with E-state index in [0.29, 0.717) is 6.04 Å². The van der Waals surface area contributed by atoms with Crippen LogP contribution < -0.4 is 0 Å². The Hall–Kier alpha value is -1.86. The Balaban J connectivity index is 1.41. The van der Waals surface area contributed by atoms with Crippen LogP contribution in [-0.2, 0) is 13.0 Å². The lowest BCUT2D eigenvalue weighted by Gasteiger charge is -2.29. The minimum absolute atomic E-state index is 0.484. The summed E-state index contributed by atoms with van der Waals surface area (Å²) in [5.41, 5.74) is 7.42. The first-order chi connectivity index (χ1) is 13.1. The Morgan fingerprint density at radius 2 is 1.81 bits per heavy atom. The maximum Gasteiger partial charge on any atom is 0.0289 e. The van der Waals surface area contributed by atoms with Crippen molar-refractivity contribution in [1.29, 1.82) is 0 Å². The van der Waals surface area contributed by atoms with Gasteiger partial charge in [-0.25, -0.2) is 0 Å². The quantitative estimate of drug-likeness (QED) is 0.573. The largest absolute Gasteiger partial charge is 0.293 e. The summed E-state index contributed by atoms with van der Waals surface area (Å²) >= 11 is 0. The molecule has 0 radical (unpaired) electrons. The van der Waals surface area contributed by atoms with Crippen molar-refractivity contribution in [1.82, 2.24) is 4.90 Å². The van der Waals surface area contributed by atoms with E-state index in [0.717, 1.165) is 31.3 Å². The molecule has 0 heterocycles. The van der Waals surface area contributed by atoms with Gasteiger partial charge in [0.1, 0.15) is 0 Å². The van der Waals surface area contributed by atoms with Crippen molar-refractivity contribution in [3.63, 3.8) is 0 Å². The normalized spacial score (nSPS) is 22.7. The first-order valence-electron chi connectivity index (χ1n) is 10.7. The van der Waals surface area contributed by atoms with Gasteiger partial charge in [0.2, 0.25) is 0 Å². The Labute approximate surface area is 165 Å². The highest BCUT2D eigenvalue weighted by Gasteiger charge is 2.24. The molecule has 1 heteroatoms. The van der Waals surface area contributed by atoms with Crippen LogP contribution in [0.15, 0.2) is 54.1 Å². The molecule has 0 spiro atoms. The van der Waals surface area contributed by atoms with Gasteiger partial charge in [-0.05, 0) is 72.4 Å². The summed E-state index contributed by atoms with van der Waals surface area (Å²) in [4.78, 5) is 2.60. The highest BCUT2D eigenvalue weighted by molar-refractivity contribution is 5.64. The van der Waals surface area contributed by atoms with Gasteiger partial charge in [0, 0.05) is 12.6 Å². The third kappa shape index (κ3) is 4.04. The molecule has 4 rings (SSSR count). The van der Waals surface area contributed by atoms with Gasteiger partial charge in [0.25, 0.3) is 0 Å². The summed E-state index contributed by atoms with van der Waals surface area (Å²) in [6.45, 7) is 9.16. The summed E-state index contributed by atoms with van der Waals surface area (Å²) in [6, 6.07) is 18.8. The smallest absolute Gasteiger partial charge is 0.0289 e. The second-order valence-corrected chi connectivity index (χ2v) is 8.69. The van der Waals surface area contributed by atoms with E-state index in [1.165, 1.54) is 36.0 Å². The Bertz CT molecular complexity index is 801. The van der Waals surface area contributed by atoms with Crippen LogP contribution in [-0.4, -0.2) is 17.5 Å². The summed E-state index contributed by atoms with van der Waals surface area (Å²) in [5, 5.41) is 0. The molecule has 3 atom stereocenters. The van der Waals surface area contributed by atoms with Crippen LogP contribution in [0, 0.1) is 5.92 Å². The lowest BCUT2D eigenvalue weighted by atomic mass is 9.95. The van der Waals surface area contributed by atoms with E-state index in [9.17, 15) is 0 Å². The third-order valence-corrected chi connectivity index (χ3v) is 6.81. The maximum atomic E-state index is 2.60. The molecule has 2 aliphatic rings. The van der Waals surface area contributed by atoms with Crippen LogP contribution >= 0.6 is 0 Å². The minimum atomic E-state index is 0.484. The predicted molar refractivity (Wildman–Crippen MR) is 116 cm³/mol. The van der Waals surface area contributed by atoms with Crippen LogP contribution in [0.4, 0.5) is 0 Å². The van der Waals surface area contributed by atoms with Gasteiger partial charge in [0.05, 0.1) is 0 Å². The zero-order valence-electron chi connectivity index (χ0n) is 17.1. The third-order valence-electron chi connectivity index (χ3n) is 6.81. The minimum Gasteiger partial charge on any atom is -0.293 e. The second-order valence-electron chi connectivity index (χ2n) is 8.69. The molecule has 2 aromatic carbocycles. The van der Waals surface area contributed by atoms with Gasteiger partial charge >= 0.3 is 0 Å². The molecule has 1 fully saturated rings. The van der Waals surface area contributed by atoms with E-state index in [1.54, 1.807) is 11.1 Å². The molecule has 0 amide bonds. The van der Waals surface area contributed by atoms with E-state index in [4.69, 9.17) is 0 Å². The first-order valence-corrected chi connectivity index (χ1v) is 10.7. The van der Waals surface area contributed by atoms with E-state index >= 15 is 0 Å². The van der Waals surface area contributed by atoms with Crippen LogP contribution in [0.3, 0.4) is 0 Å². The van der Waals surface area contributed by atoms with Crippen LogP contribution in [0.5, 0.6) is 0 Å². The van der Waals surface area contributed by atoms with Crippen molar-refractivity contribution in [2.45, 2.75) is 65.0 Å². The predicted octanol–water partition coefficient (Wildman–Crippen LogP) is 6.44. The fourth-order valence-corrected chi connectivity index (χ4v) is 4.97. The van der Waals surface area contributed by atoms with Gasteiger partial charge in [-0.15, -0.1) is 0 Å². The maximum absolute atomic E-state index is 2.60. The van der Waals surface area contributed by atoms with E-state index < -0.39 is 0 Å². The lowest BCUT2D eigenvalue weighted by molar-refractivity contribution is 0.235. The van der Waals surface area contributed by atoms with Gasteiger partial charge in [-0.3, -0.25) is 4.90 Å². The number of benzene rings is 2. The van der Waals surface area contributed by atoms with Crippen molar-refractivity contribution in [2.24, 2.45) is 5.92 Å². The molecular formula is C26H33N. The van der Waals surface area contributed by atoms with Crippen LogP contribution in [0.2, 0.25) is 0 Å². The Morgan fingerprint density at radius 3 is 2.48 bits per heavy atom. The zero-order valence-corrected chi connectivity index (χ0v) is 17.1. The van der Waals surface area contributed by atoms with Gasteiger partial charge in [-0.2, -0.15) is 0 Å². The summed E-state index contributed by atoms with van der Waals surface area (Å²) in [7, 11) is 0. The molecule has 0 bridgehead atoms. The first kappa shape index (κ1) is 18.5. The molecule has 3 unspecified atom stereocenters. The van der Waals surface area contributed by atoms with E-state index in [2.05, 4.69) is 80.3 Å². The molecule has 0 aliphatic heterocycles. The summed E-state index contributed by atoms with van der Waals surface area (Å²) in [6.07, 6.45) is 7.64. The summed E-state index contributed by atoms with van der Waals surface area (Å²) in [5.74, 6) is 1.69. The number of nitrogens with zero attached hydrogens (tertiary/aromatic N) is 1. The number of hydrogen-bond acceptors (Lipinski definition) is 1. The van der Waals surface area contributed by atoms with E-state index in [-0.39, 0.29) is 0 Å². The van der Waals surface area contributed by atoms with Gasteiger partial charge in [0.15, 0.2) is 0 Å². The molecule has 2 aromatic rings. The topological polar surface area (TPSA) is 3.24 Å². The molecule has 0 aromatic heterocycles. The lowest BCUT2D eigenvalue weighted by Crippen LogP contribution is -2.34. The summed E-state index contributed by atoms with van der Waals surface area (Å²) < 4.78 is 0. The number of likely N-dealkylation sites (N-methyl/N-ethyl adjacent to an activating group) is 1. The molecule has 1 saturated carbocycles. The second kappa shape index (κ2) is 8.02. The average Bonchev–Trinajstić information content (AvgIpc) is 3.32. The standard InChI is InChI=1S/C26H33N/c1-4-27(20(3)26-16-23-7-5-6-8-24(23)17-26)18-21-10-13-22(14-11-21)25-12-9-19(2)15-25/h5-8,10-11,13-14,16,19-20,25H,4,9,12,15,17-18H2,1-3H3. The molecule has 27 heavy (non-hydrogen) atoms. The number of fused-ring (bicyclic) bond motifs is 1. The molecule has 2 aliphatic carbocycles. The number of hydrogen-bond donors (Lipinski definition) is 0. The van der Waals surface area contributed by atoms with Crippen molar-refractivity contribution in [2.75, 3.05) is 6.54 Å².